The number of aryl methyl sites for hydroxylation is 1. The average molecular weight is 360 g/mol. The quantitative estimate of drug-likeness (QED) is 0.621. The Labute approximate surface area is 153 Å². The van der Waals surface area contributed by atoms with Gasteiger partial charge in [-0.05, 0) is 68.1 Å². The van der Waals surface area contributed by atoms with Crippen LogP contribution in [-0.4, -0.2) is 26.7 Å². The van der Waals surface area contributed by atoms with E-state index in [-0.39, 0.29) is 22.8 Å². The lowest BCUT2D eigenvalue weighted by Crippen LogP contribution is -2.57. The Kier molecular flexibility index (Phi) is 4.28. The fraction of sp³-hybridized carbons (Fsp3) is 0.789. The Morgan fingerprint density at radius 2 is 1.92 bits per heavy atom. The van der Waals surface area contributed by atoms with Crippen LogP contribution in [0.4, 0.5) is 5.69 Å². The highest BCUT2D eigenvalue weighted by Crippen LogP contribution is 2.61. The summed E-state index contributed by atoms with van der Waals surface area (Å²) in [6, 6.07) is 0.0926. The number of nitrogens with zero attached hydrogens (tertiary/aromatic N) is 3. The second kappa shape index (κ2) is 6.35. The van der Waals surface area contributed by atoms with Gasteiger partial charge in [0.05, 0.1) is 4.92 Å². The molecule has 1 amide bonds. The number of aromatic nitrogens is 2. The van der Waals surface area contributed by atoms with Crippen LogP contribution in [0.5, 0.6) is 0 Å². The van der Waals surface area contributed by atoms with Crippen LogP contribution in [-0.2, 0) is 7.05 Å². The average Bonchev–Trinajstić information content (AvgIpc) is 2.95. The van der Waals surface area contributed by atoms with Crippen LogP contribution in [0.2, 0.25) is 0 Å². The molecule has 4 bridgehead atoms. The van der Waals surface area contributed by atoms with Gasteiger partial charge in [0.15, 0.2) is 0 Å². The molecule has 0 aromatic carbocycles. The summed E-state index contributed by atoms with van der Waals surface area (Å²) < 4.78 is 1.34. The van der Waals surface area contributed by atoms with Crippen molar-refractivity contribution in [3.8, 4) is 0 Å². The van der Waals surface area contributed by atoms with E-state index >= 15 is 0 Å². The summed E-state index contributed by atoms with van der Waals surface area (Å²) in [6.07, 6.45) is 10.9. The number of nitro groups is 1. The first-order valence-electron chi connectivity index (χ1n) is 9.89. The summed E-state index contributed by atoms with van der Waals surface area (Å²) in [7, 11) is 1.60. The van der Waals surface area contributed by atoms with Crippen LogP contribution in [0.25, 0.3) is 0 Å². The predicted molar refractivity (Wildman–Crippen MR) is 96.6 cm³/mol. The Balaban J connectivity index is 1.58. The van der Waals surface area contributed by atoms with Crippen LogP contribution in [0.15, 0.2) is 6.20 Å². The zero-order valence-corrected chi connectivity index (χ0v) is 15.6. The first-order chi connectivity index (χ1) is 12.4. The summed E-state index contributed by atoms with van der Waals surface area (Å²) in [5.41, 5.74) is -0.0987. The Morgan fingerprint density at radius 1 is 1.35 bits per heavy atom. The maximum Gasteiger partial charge on any atom is 0.320 e. The molecule has 7 heteroatoms. The van der Waals surface area contributed by atoms with Crippen LogP contribution < -0.4 is 5.32 Å². The molecule has 0 unspecified atom stereocenters. The third-order valence-corrected chi connectivity index (χ3v) is 6.93. The molecule has 1 atom stereocenters. The number of carbonyl (C=O) groups excluding carboxylic acids is 1. The zero-order chi connectivity index (χ0) is 18.5. The van der Waals surface area contributed by atoms with E-state index in [9.17, 15) is 14.9 Å². The highest BCUT2D eigenvalue weighted by Gasteiger charge is 2.54. The maximum atomic E-state index is 12.9. The number of carbonyl (C=O) groups is 1. The predicted octanol–water partition coefficient (Wildman–Crippen LogP) is 3.44. The molecule has 4 saturated carbocycles. The van der Waals surface area contributed by atoms with Gasteiger partial charge in [0.1, 0.15) is 6.20 Å². The summed E-state index contributed by atoms with van der Waals surface area (Å²) in [4.78, 5) is 23.6. The molecule has 26 heavy (non-hydrogen) atoms. The van der Waals surface area contributed by atoms with E-state index in [1.807, 2.05) is 0 Å². The second-order valence-corrected chi connectivity index (χ2v) is 8.89. The highest BCUT2D eigenvalue weighted by molar-refractivity contribution is 5.96. The number of nitrogens with one attached hydrogen (secondary N) is 1. The van der Waals surface area contributed by atoms with Crippen molar-refractivity contribution in [3.63, 3.8) is 0 Å². The molecular formula is C19H28N4O3. The molecule has 4 fully saturated rings. The molecule has 1 aromatic heterocycles. The monoisotopic (exact) mass is 360 g/mol. The number of amides is 1. The topological polar surface area (TPSA) is 90.1 Å². The third kappa shape index (κ3) is 2.91. The van der Waals surface area contributed by atoms with Crippen LogP contribution in [0.3, 0.4) is 0 Å². The van der Waals surface area contributed by atoms with Crippen molar-refractivity contribution in [3.05, 3.63) is 22.0 Å². The van der Waals surface area contributed by atoms with Gasteiger partial charge in [0, 0.05) is 13.1 Å². The van der Waals surface area contributed by atoms with Crippen LogP contribution >= 0.6 is 0 Å². The molecule has 0 radical (unpaired) electrons. The van der Waals surface area contributed by atoms with E-state index in [1.165, 1.54) is 49.4 Å². The molecule has 5 rings (SSSR count). The molecule has 1 heterocycles. The van der Waals surface area contributed by atoms with E-state index in [4.69, 9.17) is 0 Å². The lowest BCUT2D eigenvalue weighted by molar-refractivity contribution is -0.385. The molecule has 0 spiro atoms. The Hall–Kier alpha value is -1.92. The van der Waals surface area contributed by atoms with Crippen molar-refractivity contribution >= 4 is 11.6 Å². The minimum absolute atomic E-state index is 0.0664. The molecule has 4 aliphatic rings. The largest absolute Gasteiger partial charge is 0.347 e. The highest BCUT2D eigenvalue weighted by atomic mass is 16.6. The molecule has 0 saturated heterocycles. The number of hydrogen-bond acceptors (Lipinski definition) is 4. The van der Waals surface area contributed by atoms with Gasteiger partial charge in [-0.1, -0.05) is 13.3 Å². The maximum absolute atomic E-state index is 12.9. The molecule has 7 nitrogen and oxygen atoms in total. The minimum Gasteiger partial charge on any atom is -0.347 e. The van der Waals surface area contributed by atoms with Crippen molar-refractivity contribution < 1.29 is 9.72 Å². The van der Waals surface area contributed by atoms with Crippen LogP contribution in [0, 0.1) is 33.3 Å². The van der Waals surface area contributed by atoms with Gasteiger partial charge in [-0.2, -0.15) is 5.10 Å². The summed E-state index contributed by atoms with van der Waals surface area (Å²) in [5.74, 6) is 2.02. The van der Waals surface area contributed by atoms with E-state index in [2.05, 4.69) is 17.3 Å². The molecule has 142 valence electrons. The SMILES string of the molecule is CCC[C@@H](NC(=O)c1nn(C)cc1[N+](=O)[O-])C12CC3CC(CC(C3)C1)C2. The number of hydrogen-bond donors (Lipinski definition) is 1. The van der Waals surface area contributed by atoms with Crippen molar-refractivity contribution in [1.29, 1.82) is 0 Å². The van der Waals surface area contributed by atoms with Crippen LogP contribution in [0.1, 0.15) is 68.8 Å². The minimum atomic E-state index is -0.526. The first kappa shape index (κ1) is 17.5. The summed E-state index contributed by atoms with van der Waals surface area (Å²) in [6.45, 7) is 2.14. The van der Waals surface area contributed by atoms with Gasteiger partial charge in [0.25, 0.3) is 5.91 Å². The zero-order valence-electron chi connectivity index (χ0n) is 15.6. The van der Waals surface area contributed by atoms with Crippen molar-refractivity contribution in [2.45, 2.75) is 64.3 Å². The lowest BCUT2D eigenvalue weighted by atomic mass is 9.47. The smallest absolute Gasteiger partial charge is 0.320 e. The van der Waals surface area contributed by atoms with Gasteiger partial charge < -0.3 is 5.32 Å². The van der Waals surface area contributed by atoms with E-state index in [1.54, 1.807) is 7.05 Å². The van der Waals surface area contributed by atoms with Crippen molar-refractivity contribution in [1.82, 2.24) is 15.1 Å². The van der Waals surface area contributed by atoms with Crippen molar-refractivity contribution in [2.75, 3.05) is 0 Å². The first-order valence-corrected chi connectivity index (χ1v) is 9.89. The second-order valence-electron chi connectivity index (χ2n) is 8.89. The summed E-state index contributed by atoms with van der Waals surface area (Å²) >= 11 is 0. The molecule has 1 aromatic rings. The summed E-state index contributed by atoms with van der Waals surface area (Å²) in [5, 5.41) is 18.5. The van der Waals surface area contributed by atoms with Crippen molar-refractivity contribution in [2.24, 2.45) is 30.2 Å². The fourth-order valence-electron chi connectivity index (χ4n) is 6.42. The standard InChI is InChI=1S/C19H28N4O3/c1-3-4-16(19-8-12-5-13(9-19)7-14(6-12)10-19)20-18(24)17-15(23(25)26)11-22(2)21-17/h11-14,16H,3-10H2,1-2H3,(H,20,24)/t12?,13?,14?,16-,19?/m1/s1. The molecule has 0 aliphatic heterocycles. The van der Waals surface area contributed by atoms with Gasteiger partial charge in [-0.25, -0.2) is 0 Å². The fourth-order valence-corrected chi connectivity index (χ4v) is 6.42. The van der Waals surface area contributed by atoms with Gasteiger partial charge in [0.2, 0.25) is 5.69 Å². The molecular weight excluding hydrogens is 332 g/mol. The molecule has 1 N–H and O–H groups in total. The number of rotatable bonds is 6. The normalized spacial score (nSPS) is 33.2. The third-order valence-electron chi connectivity index (χ3n) is 6.93. The molecule has 4 aliphatic carbocycles. The Morgan fingerprint density at radius 3 is 2.42 bits per heavy atom. The van der Waals surface area contributed by atoms with Gasteiger partial charge >= 0.3 is 5.69 Å². The Bertz CT molecular complexity index is 691. The van der Waals surface area contributed by atoms with E-state index in [0.717, 1.165) is 30.6 Å². The lowest BCUT2D eigenvalue weighted by Gasteiger charge is -2.59. The van der Waals surface area contributed by atoms with Gasteiger partial charge in [-0.3, -0.25) is 19.6 Å². The van der Waals surface area contributed by atoms with E-state index in [0.29, 0.717) is 0 Å². The van der Waals surface area contributed by atoms with Gasteiger partial charge in [-0.15, -0.1) is 0 Å². The van der Waals surface area contributed by atoms with E-state index < -0.39 is 10.8 Å².